The highest BCUT2D eigenvalue weighted by atomic mass is 35.5. The highest BCUT2D eigenvalue weighted by molar-refractivity contribution is 6.32. The highest BCUT2D eigenvalue weighted by Crippen LogP contribution is 2.27. The number of hydrogen-bond acceptors (Lipinski definition) is 3. The largest absolute Gasteiger partial charge is 0.495 e. The van der Waals surface area contributed by atoms with E-state index in [1.807, 2.05) is 0 Å². The topological polar surface area (TPSA) is 67.4 Å². The van der Waals surface area contributed by atoms with Crippen molar-refractivity contribution in [3.63, 3.8) is 0 Å². The number of anilines is 2. The molecule has 5 nitrogen and oxygen atoms in total. The quantitative estimate of drug-likeness (QED) is 0.800. The van der Waals surface area contributed by atoms with Gasteiger partial charge in [0.2, 0.25) is 11.8 Å². The molecule has 0 spiro atoms. The van der Waals surface area contributed by atoms with Gasteiger partial charge in [0.05, 0.1) is 12.1 Å². The standard InChI is InChI=1S/C16H14Cl2N2O3/c1-23-14-6-5-12(8-13(14)18)20-16(22)9-15(21)19-11-4-2-3-10(17)7-11/h2-8H,9H2,1H3,(H,19,21)(H,20,22). The third-order valence-electron chi connectivity index (χ3n) is 2.87. The average molecular weight is 353 g/mol. The Morgan fingerprint density at radius 2 is 1.65 bits per heavy atom. The number of nitrogens with one attached hydrogen (secondary N) is 2. The molecule has 0 radical (unpaired) electrons. The predicted octanol–water partition coefficient (Wildman–Crippen LogP) is 3.97. The fraction of sp³-hybridized carbons (Fsp3) is 0.125. The third-order valence-corrected chi connectivity index (χ3v) is 3.40. The molecule has 0 fully saturated rings. The Hall–Kier alpha value is -2.24. The molecule has 0 atom stereocenters. The number of carbonyl (C=O) groups is 2. The smallest absolute Gasteiger partial charge is 0.233 e. The molecule has 2 aromatic rings. The van der Waals surface area contributed by atoms with Crippen LogP contribution >= 0.6 is 23.2 Å². The van der Waals surface area contributed by atoms with E-state index in [4.69, 9.17) is 27.9 Å². The van der Waals surface area contributed by atoms with E-state index < -0.39 is 11.8 Å². The van der Waals surface area contributed by atoms with Gasteiger partial charge in [0.15, 0.2) is 0 Å². The Bertz CT molecular complexity index is 735. The van der Waals surface area contributed by atoms with E-state index in [9.17, 15) is 9.59 Å². The second-order valence-corrected chi connectivity index (χ2v) is 5.48. The summed E-state index contributed by atoms with van der Waals surface area (Å²) < 4.78 is 5.03. The summed E-state index contributed by atoms with van der Waals surface area (Å²) in [6.45, 7) is 0. The van der Waals surface area contributed by atoms with E-state index in [0.29, 0.717) is 27.2 Å². The van der Waals surface area contributed by atoms with Crippen molar-refractivity contribution in [2.75, 3.05) is 17.7 Å². The summed E-state index contributed by atoms with van der Waals surface area (Å²) >= 11 is 11.8. The van der Waals surface area contributed by atoms with Crippen LogP contribution in [0.5, 0.6) is 5.75 Å². The summed E-state index contributed by atoms with van der Waals surface area (Å²) in [5.74, 6) is -0.390. The van der Waals surface area contributed by atoms with Crippen LogP contribution in [0.3, 0.4) is 0 Å². The Morgan fingerprint density at radius 1 is 1.00 bits per heavy atom. The van der Waals surface area contributed by atoms with Gasteiger partial charge >= 0.3 is 0 Å². The van der Waals surface area contributed by atoms with E-state index in [0.717, 1.165) is 0 Å². The SMILES string of the molecule is COc1ccc(NC(=O)CC(=O)Nc2cccc(Cl)c2)cc1Cl. The second-order valence-electron chi connectivity index (χ2n) is 4.63. The summed E-state index contributed by atoms with van der Waals surface area (Å²) in [4.78, 5) is 23.7. The van der Waals surface area contributed by atoms with Crippen LogP contribution in [-0.4, -0.2) is 18.9 Å². The maximum atomic E-state index is 11.9. The van der Waals surface area contributed by atoms with Crippen LogP contribution in [0.2, 0.25) is 10.0 Å². The molecule has 0 bridgehead atoms. The van der Waals surface area contributed by atoms with Crippen LogP contribution < -0.4 is 15.4 Å². The fourth-order valence-corrected chi connectivity index (χ4v) is 2.31. The lowest BCUT2D eigenvalue weighted by atomic mass is 10.2. The first kappa shape index (κ1) is 17.1. The summed E-state index contributed by atoms with van der Waals surface area (Å²) in [5.41, 5.74) is 1.01. The predicted molar refractivity (Wildman–Crippen MR) is 91.3 cm³/mol. The zero-order valence-corrected chi connectivity index (χ0v) is 13.7. The van der Waals surface area contributed by atoms with Gasteiger partial charge in [-0.25, -0.2) is 0 Å². The molecule has 0 aliphatic rings. The Kier molecular flexibility index (Phi) is 5.84. The third kappa shape index (κ3) is 5.16. The van der Waals surface area contributed by atoms with Crippen molar-refractivity contribution in [2.45, 2.75) is 6.42 Å². The Balaban J connectivity index is 1.91. The molecule has 2 amide bonds. The molecule has 0 aliphatic carbocycles. The van der Waals surface area contributed by atoms with Crippen LogP contribution in [-0.2, 0) is 9.59 Å². The molecular formula is C16H14Cl2N2O3. The molecule has 120 valence electrons. The summed E-state index contributed by atoms with van der Waals surface area (Å²) in [5, 5.41) is 6.06. The van der Waals surface area contributed by atoms with Crippen molar-refractivity contribution >= 4 is 46.4 Å². The summed E-state index contributed by atoms with van der Waals surface area (Å²) in [7, 11) is 1.50. The van der Waals surface area contributed by atoms with E-state index >= 15 is 0 Å². The van der Waals surface area contributed by atoms with E-state index in [2.05, 4.69) is 10.6 Å². The van der Waals surface area contributed by atoms with Crippen molar-refractivity contribution in [1.29, 1.82) is 0 Å². The van der Waals surface area contributed by atoms with E-state index in [1.165, 1.54) is 7.11 Å². The molecule has 2 rings (SSSR count). The summed E-state index contributed by atoms with van der Waals surface area (Å²) in [6, 6.07) is 11.5. The average Bonchev–Trinajstić information content (AvgIpc) is 2.47. The Morgan fingerprint density at radius 3 is 2.22 bits per heavy atom. The van der Waals surface area contributed by atoms with Gasteiger partial charge < -0.3 is 15.4 Å². The van der Waals surface area contributed by atoms with Crippen LogP contribution in [0.4, 0.5) is 11.4 Å². The summed E-state index contributed by atoms with van der Waals surface area (Å²) in [6.07, 6.45) is -0.323. The number of hydrogen-bond donors (Lipinski definition) is 2. The van der Waals surface area contributed by atoms with Gasteiger partial charge in [0, 0.05) is 16.4 Å². The van der Waals surface area contributed by atoms with Crippen molar-refractivity contribution < 1.29 is 14.3 Å². The highest BCUT2D eigenvalue weighted by Gasteiger charge is 2.11. The number of rotatable bonds is 5. The molecule has 0 aliphatic heterocycles. The fourth-order valence-electron chi connectivity index (χ4n) is 1.87. The van der Waals surface area contributed by atoms with Crippen molar-refractivity contribution in [2.24, 2.45) is 0 Å². The maximum absolute atomic E-state index is 11.9. The number of amides is 2. The van der Waals surface area contributed by atoms with Gasteiger partial charge in [0.25, 0.3) is 0 Å². The number of ether oxygens (including phenoxy) is 1. The van der Waals surface area contributed by atoms with Gasteiger partial charge in [-0.3, -0.25) is 9.59 Å². The van der Waals surface area contributed by atoms with Gasteiger partial charge in [0.1, 0.15) is 12.2 Å². The minimum absolute atomic E-state index is 0.323. The first-order valence-corrected chi connectivity index (χ1v) is 7.42. The van der Waals surface area contributed by atoms with Crippen LogP contribution in [0.15, 0.2) is 42.5 Å². The van der Waals surface area contributed by atoms with Gasteiger partial charge in [-0.2, -0.15) is 0 Å². The molecule has 7 heteroatoms. The molecule has 0 saturated carbocycles. The van der Waals surface area contributed by atoms with Gasteiger partial charge in [-0.15, -0.1) is 0 Å². The first-order chi connectivity index (χ1) is 11.0. The lowest BCUT2D eigenvalue weighted by Gasteiger charge is -2.08. The van der Waals surface area contributed by atoms with Crippen molar-refractivity contribution in [1.82, 2.24) is 0 Å². The number of benzene rings is 2. The van der Waals surface area contributed by atoms with E-state index in [1.54, 1.807) is 42.5 Å². The number of halogens is 2. The van der Waals surface area contributed by atoms with Crippen molar-refractivity contribution in [3.05, 3.63) is 52.5 Å². The second kappa shape index (κ2) is 7.85. The van der Waals surface area contributed by atoms with Crippen molar-refractivity contribution in [3.8, 4) is 5.75 Å². The van der Waals surface area contributed by atoms with Gasteiger partial charge in [-0.05, 0) is 36.4 Å². The lowest BCUT2D eigenvalue weighted by molar-refractivity contribution is -0.123. The molecule has 2 aromatic carbocycles. The number of carbonyl (C=O) groups excluding carboxylic acids is 2. The molecule has 2 N–H and O–H groups in total. The zero-order chi connectivity index (χ0) is 16.8. The number of methoxy groups -OCH3 is 1. The first-order valence-electron chi connectivity index (χ1n) is 6.67. The van der Waals surface area contributed by atoms with Crippen LogP contribution in [0, 0.1) is 0 Å². The molecule has 0 heterocycles. The molecule has 23 heavy (non-hydrogen) atoms. The molecular weight excluding hydrogens is 339 g/mol. The maximum Gasteiger partial charge on any atom is 0.233 e. The lowest BCUT2D eigenvalue weighted by Crippen LogP contribution is -2.21. The minimum Gasteiger partial charge on any atom is -0.495 e. The van der Waals surface area contributed by atoms with E-state index in [-0.39, 0.29) is 6.42 Å². The Labute approximate surface area is 143 Å². The normalized spacial score (nSPS) is 10.0. The van der Waals surface area contributed by atoms with Gasteiger partial charge in [-0.1, -0.05) is 29.3 Å². The minimum atomic E-state index is -0.453. The van der Waals surface area contributed by atoms with Crippen LogP contribution in [0.1, 0.15) is 6.42 Å². The molecule has 0 saturated heterocycles. The molecule has 0 aromatic heterocycles. The zero-order valence-electron chi connectivity index (χ0n) is 12.2. The monoisotopic (exact) mass is 352 g/mol. The molecule has 0 unspecified atom stereocenters. The van der Waals surface area contributed by atoms with Crippen LogP contribution in [0.25, 0.3) is 0 Å².